The van der Waals surface area contributed by atoms with E-state index < -0.39 is 0 Å². The summed E-state index contributed by atoms with van der Waals surface area (Å²) in [6.45, 7) is 0. The highest BCUT2D eigenvalue weighted by Gasteiger charge is 2.07. The number of benzene rings is 1. The number of rotatable bonds is 4. The van der Waals surface area contributed by atoms with Crippen LogP contribution in [0.2, 0.25) is 5.02 Å². The normalized spacial score (nSPS) is 11.2. The number of imidazole rings is 1. The Bertz CT molecular complexity index is 911. The van der Waals surface area contributed by atoms with Crippen molar-refractivity contribution in [2.24, 2.45) is 0 Å². The molecule has 1 aromatic carbocycles. The number of thiazole rings is 1. The molecular formula is C17H12ClN3S2. The molecule has 0 aliphatic carbocycles. The fourth-order valence-corrected chi connectivity index (χ4v) is 4.11. The van der Waals surface area contributed by atoms with E-state index in [4.69, 9.17) is 11.6 Å². The molecule has 114 valence electrons. The second-order valence-electron chi connectivity index (χ2n) is 4.99. The molecule has 0 bridgehead atoms. The van der Waals surface area contributed by atoms with Crippen LogP contribution in [-0.4, -0.2) is 14.4 Å². The number of hydrogen-bond donors (Lipinski definition) is 0. The molecule has 0 fully saturated rings. The molecular weight excluding hydrogens is 346 g/mol. The predicted molar refractivity (Wildman–Crippen MR) is 97.3 cm³/mol. The Morgan fingerprint density at radius 2 is 1.96 bits per heavy atom. The summed E-state index contributed by atoms with van der Waals surface area (Å²) in [5.41, 5.74) is 4.11. The first-order valence-electron chi connectivity index (χ1n) is 7.05. The lowest BCUT2D eigenvalue weighted by molar-refractivity contribution is 1.18. The minimum Gasteiger partial charge on any atom is -0.307 e. The molecule has 23 heavy (non-hydrogen) atoms. The van der Waals surface area contributed by atoms with Crippen molar-refractivity contribution in [2.45, 2.75) is 10.1 Å². The summed E-state index contributed by atoms with van der Waals surface area (Å²) in [4.78, 5) is 9.29. The Kier molecular flexibility index (Phi) is 4.08. The molecule has 0 radical (unpaired) electrons. The SMILES string of the molecule is Clc1ccc(-c2csc(SCc3cn4ccccc4n3)n2)cc1. The summed E-state index contributed by atoms with van der Waals surface area (Å²) in [7, 11) is 0. The molecule has 0 saturated heterocycles. The maximum atomic E-state index is 5.92. The second-order valence-corrected chi connectivity index (χ2v) is 7.51. The van der Waals surface area contributed by atoms with E-state index in [2.05, 4.69) is 21.5 Å². The van der Waals surface area contributed by atoms with Crippen LogP contribution in [0.15, 0.2) is 64.6 Å². The van der Waals surface area contributed by atoms with Crippen molar-refractivity contribution in [2.75, 3.05) is 0 Å². The number of nitrogens with zero attached hydrogens (tertiary/aromatic N) is 3. The van der Waals surface area contributed by atoms with Gasteiger partial charge in [0.05, 0.1) is 11.4 Å². The third kappa shape index (κ3) is 3.27. The standard InChI is InChI=1S/C17H12ClN3S2/c18-13-6-4-12(5-7-13)15-11-23-17(20-15)22-10-14-9-21-8-2-1-3-16(21)19-14/h1-9,11H,10H2. The van der Waals surface area contributed by atoms with Crippen LogP contribution >= 0.6 is 34.7 Å². The quantitative estimate of drug-likeness (QED) is 0.458. The highest BCUT2D eigenvalue weighted by Crippen LogP contribution is 2.30. The van der Waals surface area contributed by atoms with E-state index in [1.807, 2.05) is 53.1 Å². The third-order valence-electron chi connectivity index (χ3n) is 3.38. The molecule has 3 heterocycles. The summed E-state index contributed by atoms with van der Waals surface area (Å²) >= 11 is 9.30. The summed E-state index contributed by atoms with van der Waals surface area (Å²) in [5, 5.41) is 2.82. The highest BCUT2D eigenvalue weighted by molar-refractivity contribution is 8.00. The number of hydrogen-bond acceptors (Lipinski definition) is 4. The molecule has 0 saturated carbocycles. The lowest BCUT2D eigenvalue weighted by Gasteiger charge is -1.96. The topological polar surface area (TPSA) is 30.2 Å². The van der Waals surface area contributed by atoms with Crippen LogP contribution in [0, 0.1) is 0 Å². The lowest BCUT2D eigenvalue weighted by atomic mass is 10.2. The molecule has 0 N–H and O–H groups in total. The highest BCUT2D eigenvalue weighted by atomic mass is 35.5. The van der Waals surface area contributed by atoms with Gasteiger partial charge in [0.2, 0.25) is 0 Å². The molecule has 3 nitrogen and oxygen atoms in total. The van der Waals surface area contributed by atoms with Gasteiger partial charge in [-0.05, 0) is 24.3 Å². The predicted octanol–water partition coefficient (Wildman–Crippen LogP) is 5.40. The van der Waals surface area contributed by atoms with Crippen LogP contribution in [0.5, 0.6) is 0 Å². The van der Waals surface area contributed by atoms with Crippen molar-refractivity contribution in [3.63, 3.8) is 0 Å². The summed E-state index contributed by atoms with van der Waals surface area (Å²) in [6, 6.07) is 13.8. The molecule has 0 spiro atoms. The first-order chi connectivity index (χ1) is 11.3. The average Bonchev–Trinajstić information content (AvgIpc) is 3.20. The molecule has 0 aliphatic rings. The van der Waals surface area contributed by atoms with Gasteiger partial charge in [0.15, 0.2) is 4.34 Å². The van der Waals surface area contributed by atoms with Crippen LogP contribution in [0.4, 0.5) is 0 Å². The number of fused-ring (bicyclic) bond motifs is 1. The molecule has 0 unspecified atom stereocenters. The smallest absolute Gasteiger partial charge is 0.150 e. The number of aromatic nitrogens is 3. The van der Waals surface area contributed by atoms with E-state index in [0.717, 1.165) is 37.7 Å². The van der Waals surface area contributed by atoms with Gasteiger partial charge in [0, 0.05) is 34.1 Å². The zero-order chi connectivity index (χ0) is 15.6. The maximum absolute atomic E-state index is 5.92. The lowest BCUT2D eigenvalue weighted by Crippen LogP contribution is -1.80. The molecule has 4 rings (SSSR count). The van der Waals surface area contributed by atoms with Gasteiger partial charge >= 0.3 is 0 Å². The van der Waals surface area contributed by atoms with Crippen LogP contribution in [0.25, 0.3) is 16.9 Å². The largest absolute Gasteiger partial charge is 0.307 e. The maximum Gasteiger partial charge on any atom is 0.150 e. The zero-order valence-electron chi connectivity index (χ0n) is 12.0. The fraction of sp³-hybridized carbons (Fsp3) is 0.0588. The monoisotopic (exact) mass is 357 g/mol. The average molecular weight is 358 g/mol. The first kappa shape index (κ1) is 14.8. The summed E-state index contributed by atoms with van der Waals surface area (Å²) < 4.78 is 3.09. The Hall–Kier alpha value is -1.82. The number of thioether (sulfide) groups is 1. The van der Waals surface area contributed by atoms with Crippen LogP contribution < -0.4 is 0 Å². The molecule has 4 aromatic rings. The van der Waals surface area contributed by atoms with E-state index in [9.17, 15) is 0 Å². The van der Waals surface area contributed by atoms with Crippen molar-refractivity contribution in [3.8, 4) is 11.3 Å². The first-order valence-corrected chi connectivity index (χ1v) is 9.29. The zero-order valence-corrected chi connectivity index (χ0v) is 14.4. The Morgan fingerprint density at radius 1 is 1.09 bits per heavy atom. The van der Waals surface area contributed by atoms with Crippen LogP contribution in [0.1, 0.15) is 5.69 Å². The van der Waals surface area contributed by atoms with Gasteiger partial charge in [-0.1, -0.05) is 41.6 Å². The van der Waals surface area contributed by atoms with Crippen molar-refractivity contribution in [1.29, 1.82) is 0 Å². The molecule has 0 aliphatic heterocycles. The summed E-state index contributed by atoms with van der Waals surface area (Å²) in [6.07, 6.45) is 4.08. The fourth-order valence-electron chi connectivity index (χ4n) is 2.27. The van der Waals surface area contributed by atoms with Crippen LogP contribution in [0.3, 0.4) is 0 Å². The Morgan fingerprint density at radius 3 is 2.78 bits per heavy atom. The van der Waals surface area contributed by atoms with E-state index in [-0.39, 0.29) is 0 Å². The third-order valence-corrected chi connectivity index (χ3v) is 5.69. The number of pyridine rings is 1. The van der Waals surface area contributed by atoms with Crippen molar-refractivity contribution in [1.82, 2.24) is 14.4 Å². The van der Waals surface area contributed by atoms with Crippen molar-refractivity contribution < 1.29 is 0 Å². The van der Waals surface area contributed by atoms with Gasteiger partial charge in [-0.3, -0.25) is 0 Å². The van der Waals surface area contributed by atoms with Crippen molar-refractivity contribution in [3.05, 3.63) is 71.0 Å². The Balaban J connectivity index is 1.48. The van der Waals surface area contributed by atoms with Gasteiger partial charge in [-0.2, -0.15) is 0 Å². The van der Waals surface area contributed by atoms with Crippen molar-refractivity contribution >= 4 is 40.3 Å². The van der Waals surface area contributed by atoms with Gasteiger partial charge in [-0.15, -0.1) is 11.3 Å². The summed E-state index contributed by atoms with van der Waals surface area (Å²) in [5.74, 6) is 0.815. The second kappa shape index (κ2) is 6.35. The Labute approximate surface area is 147 Å². The minimum atomic E-state index is 0.741. The number of halogens is 1. The van der Waals surface area contributed by atoms with Crippen LogP contribution in [-0.2, 0) is 5.75 Å². The van der Waals surface area contributed by atoms with Gasteiger partial charge in [-0.25, -0.2) is 9.97 Å². The molecule has 6 heteroatoms. The van der Waals surface area contributed by atoms with E-state index in [1.165, 1.54) is 0 Å². The van der Waals surface area contributed by atoms with Gasteiger partial charge in [0.1, 0.15) is 5.65 Å². The van der Waals surface area contributed by atoms with E-state index in [1.54, 1.807) is 23.1 Å². The van der Waals surface area contributed by atoms with E-state index >= 15 is 0 Å². The molecule has 0 atom stereocenters. The van der Waals surface area contributed by atoms with Gasteiger partial charge in [0.25, 0.3) is 0 Å². The van der Waals surface area contributed by atoms with E-state index in [0.29, 0.717) is 0 Å². The van der Waals surface area contributed by atoms with Gasteiger partial charge < -0.3 is 4.40 Å². The minimum absolute atomic E-state index is 0.741. The molecule has 3 aromatic heterocycles. The molecule has 0 amide bonds.